The van der Waals surface area contributed by atoms with Gasteiger partial charge >= 0.3 is 0 Å². The van der Waals surface area contributed by atoms with E-state index in [1.54, 1.807) is 7.11 Å². The minimum Gasteiger partial charge on any atom is -0.384 e. The van der Waals surface area contributed by atoms with E-state index in [1.165, 1.54) is 0 Å². The highest BCUT2D eigenvalue weighted by atomic mass is 35.5. The van der Waals surface area contributed by atoms with E-state index >= 15 is 0 Å². The highest BCUT2D eigenvalue weighted by Crippen LogP contribution is 2.31. The van der Waals surface area contributed by atoms with Crippen molar-refractivity contribution in [3.63, 3.8) is 0 Å². The number of carbonyl (C=O) groups excluding carboxylic acids is 1. The third kappa shape index (κ3) is 4.93. The van der Waals surface area contributed by atoms with Crippen LogP contribution in [0.2, 0.25) is 0 Å². The smallest absolute Gasteiger partial charge is 0.231 e. The first-order valence-electron chi connectivity index (χ1n) is 7.19. The van der Waals surface area contributed by atoms with E-state index < -0.39 is 0 Å². The number of methoxy groups -OCH3 is 1. The minimum atomic E-state index is -0.287. The number of piperidine rings is 1. The molecule has 114 valence electrons. The lowest BCUT2D eigenvalue weighted by atomic mass is 9.78. The Morgan fingerprint density at radius 2 is 1.74 bits per heavy atom. The van der Waals surface area contributed by atoms with Crippen molar-refractivity contribution in [2.75, 3.05) is 39.9 Å². The Hall–Kier alpha value is -0.320. The van der Waals surface area contributed by atoms with Gasteiger partial charge in [-0.1, -0.05) is 13.8 Å². The molecule has 1 fully saturated rings. The molecule has 0 bridgehead atoms. The van der Waals surface area contributed by atoms with Crippen LogP contribution in [-0.4, -0.2) is 50.7 Å². The van der Waals surface area contributed by atoms with E-state index in [2.05, 4.69) is 19.2 Å². The van der Waals surface area contributed by atoms with Gasteiger partial charge < -0.3 is 15.0 Å². The van der Waals surface area contributed by atoms with Gasteiger partial charge in [0, 0.05) is 20.2 Å². The topological polar surface area (TPSA) is 41.6 Å². The molecule has 0 atom stereocenters. The Labute approximate surface area is 123 Å². The molecule has 1 aliphatic heterocycles. The summed E-state index contributed by atoms with van der Waals surface area (Å²) < 4.78 is 5.34. The molecule has 0 aromatic carbocycles. The van der Waals surface area contributed by atoms with Crippen molar-refractivity contribution in [3.05, 3.63) is 0 Å². The highest BCUT2D eigenvalue weighted by molar-refractivity contribution is 5.85. The Bertz CT molecular complexity index is 244. The Balaban J connectivity index is 0.00000324. The van der Waals surface area contributed by atoms with Gasteiger partial charge in [-0.05, 0) is 38.8 Å². The summed E-state index contributed by atoms with van der Waals surface area (Å²) in [6.45, 7) is 8.37. The van der Waals surface area contributed by atoms with Gasteiger partial charge in [-0.25, -0.2) is 0 Å². The molecule has 0 radical (unpaired) electrons. The second kappa shape index (κ2) is 9.56. The summed E-state index contributed by atoms with van der Waals surface area (Å²) in [5.74, 6) is 0.301. The van der Waals surface area contributed by atoms with Crippen LogP contribution in [0.25, 0.3) is 0 Å². The molecule has 0 aromatic rings. The number of amides is 1. The van der Waals surface area contributed by atoms with Crippen molar-refractivity contribution in [2.45, 2.75) is 39.5 Å². The lowest BCUT2D eigenvalue weighted by Gasteiger charge is -2.39. The first-order valence-corrected chi connectivity index (χ1v) is 7.19. The van der Waals surface area contributed by atoms with Crippen molar-refractivity contribution < 1.29 is 9.53 Å². The number of rotatable bonds is 7. The van der Waals surface area contributed by atoms with Crippen LogP contribution < -0.4 is 5.32 Å². The largest absolute Gasteiger partial charge is 0.384 e. The van der Waals surface area contributed by atoms with Crippen molar-refractivity contribution in [1.29, 1.82) is 0 Å². The number of hydrogen-bond acceptors (Lipinski definition) is 3. The van der Waals surface area contributed by atoms with Crippen LogP contribution in [0.3, 0.4) is 0 Å². The van der Waals surface area contributed by atoms with Crippen LogP contribution in [-0.2, 0) is 9.53 Å². The standard InChI is InChI=1S/C14H28N2O2.ClH/c1-4-10-16(11-5-2)13(17)14(12-18-3)6-8-15-9-7-14;/h15H,4-12H2,1-3H3;1H. The van der Waals surface area contributed by atoms with E-state index in [0.29, 0.717) is 12.5 Å². The zero-order valence-electron chi connectivity index (χ0n) is 12.5. The molecular weight excluding hydrogens is 264 g/mol. The molecular formula is C14H29ClN2O2. The van der Waals surface area contributed by atoms with Crippen LogP contribution in [0.5, 0.6) is 0 Å². The molecule has 19 heavy (non-hydrogen) atoms. The fourth-order valence-corrected chi connectivity index (χ4v) is 2.79. The Morgan fingerprint density at radius 1 is 1.21 bits per heavy atom. The summed E-state index contributed by atoms with van der Waals surface area (Å²) in [5, 5.41) is 3.33. The summed E-state index contributed by atoms with van der Waals surface area (Å²) in [6, 6.07) is 0. The maximum Gasteiger partial charge on any atom is 0.231 e. The van der Waals surface area contributed by atoms with Crippen molar-refractivity contribution in [3.8, 4) is 0 Å². The van der Waals surface area contributed by atoms with Gasteiger partial charge in [0.25, 0.3) is 0 Å². The maximum atomic E-state index is 12.8. The zero-order chi connectivity index (χ0) is 13.4. The summed E-state index contributed by atoms with van der Waals surface area (Å²) in [6.07, 6.45) is 3.83. The Morgan fingerprint density at radius 3 is 2.16 bits per heavy atom. The zero-order valence-corrected chi connectivity index (χ0v) is 13.4. The molecule has 0 unspecified atom stereocenters. The van der Waals surface area contributed by atoms with Gasteiger partial charge in [0.1, 0.15) is 0 Å². The summed E-state index contributed by atoms with van der Waals surface area (Å²) in [5.41, 5.74) is -0.287. The molecule has 1 N–H and O–H groups in total. The van der Waals surface area contributed by atoms with Crippen molar-refractivity contribution in [2.24, 2.45) is 5.41 Å². The van der Waals surface area contributed by atoms with Gasteiger partial charge in [-0.3, -0.25) is 4.79 Å². The van der Waals surface area contributed by atoms with E-state index in [-0.39, 0.29) is 17.8 Å². The minimum absolute atomic E-state index is 0. The number of halogens is 1. The van der Waals surface area contributed by atoms with Gasteiger partial charge in [0.05, 0.1) is 12.0 Å². The first-order chi connectivity index (χ1) is 8.70. The van der Waals surface area contributed by atoms with Crippen molar-refractivity contribution >= 4 is 18.3 Å². The van der Waals surface area contributed by atoms with Crippen LogP contribution in [0.4, 0.5) is 0 Å². The molecule has 1 amide bonds. The van der Waals surface area contributed by atoms with Crippen LogP contribution >= 0.6 is 12.4 Å². The van der Waals surface area contributed by atoms with Crippen LogP contribution in [0, 0.1) is 5.41 Å². The Kier molecular flexibility index (Phi) is 9.40. The van der Waals surface area contributed by atoms with E-state index in [9.17, 15) is 4.79 Å². The summed E-state index contributed by atoms with van der Waals surface area (Å²) in [4.78, 5) is 14.8. The normalized spacial score (nSPS) is 17.6. The molecule has 1 saturated heterocycles. The summed E-state index contributed by atoms with van der Waals surface area (Å²) >= 11 is 0. The fourth-order valence-electron chi connectivity index (χ4n) is 2.79. The highest BCUT2D eigenvalue weighted by Gasteiger charge is 2.41. The van der Waals surface area contributed by atoms with E-state index in [1.807, 2.05) is 4.90 Å². The fraction of sp³-hybridized carbons (Fsp3) is 0.929. The second-order valence-electron chi connectivity index (χ2n) is 5.26. The molecule has 5 heteroatoms. The summed E-state index contributed by atoms with van der Waals surface area (Å²) in [7, 11) is 1.70. The number of ether oxygens (including phenoxy) is 1. The second-order valence-corrected chi connectivity index (χ2v) is 5.26. The monoisotopic (exact) mass is 292 g/mol. The van der Waals surface area contributed by atoms with Crippen LogP contribution in [0.1, 0.15) is 39.5 Å². The third-order valence-corrected chi connectivity index (χ3v) is 3.71. The third-order valence-electron chi connectivity index (χ3n) is 3.71. The molecule has 1 aliphatic rings. The van der Waals surface area contributed by atoms with Crippen LogP contribution in [0.15, 0.2) is 0 Å². The molecule has 1 heterocycles. The quantitative estimate of drug-likeness (QED) is 0.781. The SMILES string of the molecule is CCCN(CCC)C(=O)C1(COC)CCNCC1.Cl. The molecule has 0 aromatic heterocycles. The number of nitrogens with one attached hydrogen (secondary N) is 1. The van der Waals surface area contributed by atoms with Gasteiger partial charge in [0.15, 0.2) is 0 Å². The van der Waals surface area contributed by atoms with E-state index in [4.69, 9.17) is 4.74 Å². The van der Waals surface area contributed by atoms with E-state index in [0.717, 1.165) is 51.9 Å². The molecule has 4 nitrogen and oxygen atoms in total. The molecule has 0 saturated carbocycles. The predicted molar refractivity (Wildman–Crippen MR) is 80.8 cm³/mol. The van der Waals surface area contributed by atoms with Crippen molar-refractivity contribution in [1.82, 2.24) is 10.2 Å². The molecule has 1 rings (SSSR count). The van der Waals surface area contributed by atoms with Gasteiger partial charge in [-0.2, -0.15) is 0 Å². The maximum absolute atomic E-state index is 12.8. The molecule has 0 spiro atoms. The lowest BCUT2D eigenvalue weighted by Crippen LogP contribution is -2.52. The average Bonchev–Trinajstić information content (AvgIpc) is 2.39. The number of hydrogen-bond donors (Lipinski definition) is 1. The first kappa shape index (κ1) is 18.7. The number of carbonyl (C=O) groups is 1. The molecule has 0 aliphatic carbocycles. The average molecular weight is 293 g/mol. The van der Waals surface area contributed by atoms with Gasteiger partial charge in [-0.15, -0.1) is 12.4 Å². The lowest BCUT2D eigenvalue weighted by molar-refractivity contribution is -0.147. The predicted octanol–water partition coefficient (Wildman–Crippen LogP) is 2.07. The van der Waals surface area contributed by atoms with Gasteiger partial charge in [0.2, 0.25) is 5.91 Å². The number of nitrogens with zero attached hydrogens (tertiary/aromatic N) is 1.